The van der Waals surface area contributed by atoms with E-state index in [1.54, 1.807) is 16.9 Å². The number of benzene rings is 2. The fourth-order valence-electron chi connectivity index (χ4n) is 3.62. The highest BCUT2D eigenvalue weighted by atomic mass is 19.1. The lowest BCUT2D eigenvalue weighted by atomic mass is 10.0. The molecule has 0 saturated heterocycles. The second-order valence-electron chi connectivity index (χ2n) is 7.85. The molecule has 0 bridgehead atoms. The number of aromatic nitrogens is 4. The number of halogens is 2. The summed E-state index contributed by atoms with van der Waals surface area (Å²) in [6.07, 6.45) is 3.25. The first-order valence-corrected chi connectivity index (χ1v) is 10.6. The number of aryl methyl sites for hydroxylation is 2. The maximum atomic E-state index is 13.8. The molecule has 2 aromatic heterocycles. The Morgan fingerprint density at radius 3 is 2.79 bits per heavy atom. The molecule has 9 heteroatoms. The van der Waals surface area contributed by atoms with Crippen LogP contribution in [-0.4, -0.2) is 25.7 Å². The van der Waals surface area contributed by atoms with Gasteiger partial charge in [-0.25, -0.2) is 18.7 Å². The molecule has 2 N–H and O–H groups in total. The SMILES string of the molecule is CCn1cc2ncc(N[C@@H](C)c3cc(NC(=O)Cc4cc(F)ccc4F)ccc3C)nc2n1. The minimum absolute atomic E-state index is 0.00866. The molecule has 0 spiro atoms. The highest BCUT2D eigenvalue weighted by molar-refractivity contribution is 5.92. The van der Waals surface area contributed by atoms with E-state index >= 15 is 0 Å². The molecule has 4 rings (SSSR count). The van der Waals surface area contributed by atoms with Gasteiger partial charge in [-0.05, 0) is 62.2 Å². The number of fused-ring (bicyclic) bond motifs is 1. The molecule has 4 aromatic rings. The molecule has 2 aromatic carbocycles. The first-order valence-electron chi connectivity index (χ1n) is 10.6. The summed E-state index contributed by atoms with van der Waals surface area (Å²) in [7, 11) is 0. The summed E-state index contributed by atoms with van der Waals surface area (Å²) in [6, 6.07) is 8.45. The minimum Gasteiger partial charge on any atom is -0.362 e. The Morgan fingerprint density at radius 2 is 2.00 bits per heavy atom. The van der Waals surface area contributed by atoms with Gasteiger partial charge >= 0.3 is 0 Å². The fraction of sp³-hybridized carbons (Fsp3) is 0.250. The van der Waals surface area contributed by atoms with Crippen molar-refractivity contribution >= 4 is 28.6 Å². The van der Waals surface area contributed by atoms with Crippen molar-refractivity contribution in [3.05, 3.63) is 77.1 Å². The second-order valence-corrected chi connectivity index (χ2v) is 7.85. The third-order valence-corrected chi connectivity index (χ3v) is 5.35. The summed E-state index contributed by atoms with van der Waals surface area (Å²) in [4.78, 5) is 21.3. The van der Waals surface area contributed by atoms with Crippen LogP contribution in [0.1, 0.15) is 36.6 Å². The molecule has 1 atom stereocenters. The number of nitrogens with one attached hydrogen (secondary N) is 2. The summed E-state index contributed by atoms with van der Waals surface area (Å²) in [5.74, 6) is -1.04. The molecule has 0 aliphatic rings. The van der Waals surface area contributed by atoms with Gasteiger partial charge in [0.2, 0.25) is 11.6 Å². The highest BCUT2D eigenvalue weighted by Crippen LogP contribution is 2.25. The maximum Gasteiger partial charge on any atom is 0.228 e. The van der Waals surface area contributed by atoms with Crippen molar-refractivity contribution in [1.29, 1.82) is 0 Å². The average molecular weight is 450 g/mol. The molecule has 0 aliphatic carbocycles. The molecule has 0 saturated carbocycles. The molecule has 170 valence electrons. The first kappa shape index (κ1) is 22.3. The van der Waals surface area contributed by atoms with Crippen LogP contribution in [0.4, 0.5) is 20.3 Å². The van der Waals surface area contributed by atoms with Gasteiger partial charge in [0, 0.05) is 17.8 Å². The van der Waals surface area contributed by atoms with Crippen LogP contribution in [0, 0.1) is 18.6 Å². The van der Waals surface area contributed by atoms with Crippen LogP contribution in [0.2, 0.25) is 0 Å². The number of carbonyl (C=O) groups is 1. The molecule has 0 fully saturated rings. The Labute approximate surface area is 189 Å². The average Bonchev–Trinajstić information content (AvgIpc) is 3.20. The summed E-state index contributed by atoms with van der Waals surface area (Å²) < 4.78 is 29.0. The molecule has 33 heavy (non-hydrogen) atoms. The van der Waals surface area contributed by atoms with E-state index in [9.17, 15) is 13.6 Å². The number of amides is 1. The van der Waals surface area contributed by atoms with Crippen LogP contribution in [0.25, 0.3) is 11.2 Å². The van der Waals surface area contributed by atoms with Gasteiger partial charge in [-0.15, -0.1) is 0 Å². The zero-order valence-corrected chi connectivity index (χ0v) is 18.6. The zero-order valence-electron chi connectivity index (χ0n) is 18.6. The van der Waals surface area contributed by atoms with Crippen LogP contribution in [0.15, 0.2) is 48.8 Å². The van der Waals surface area contributed by atoms with Crippen molar-refractivity contribution in [3.8, 4) is 0 Å². The number of nitrogens with zero attached hydrogens (tertiary/aromatic N) is 4. The normalized spacial score (nSPS) is 12.0. The van der Waals surface area contributed by atoms with Crippen molar-refractivity contribution in [2.24, 2.45) is 0 Å². The van der Waals surface area contributed by atoms with Gasteiger partial charge in [-0.1, -0.05) is 6.07 Å². The van der Waals surface area contributed by atoms with Gasteiger partial charge in [0.25, 0.3) is 0 Å². The van der Waals surface area contributed by atoms with Crippen molar-refractivity contribution in [3.63, 3.8) is 0 Å². The second kappa shape index (κ2) is 9.32. The zero-order chi connectivity index (χ0) is 23.5. The van der Waals surface area contributed by atoms with E-state index < -0.39 is 17.5 Å². The van der Waals surface area contributed by atoms with Crippen molar-refractivity contribution in [2.45, 2.75) is 39.8 Å². The summed E-state index contributed by atoms with van der Waals surface area (Å²) in [6.45, 7) is 6.68. The highest BCUT2D eigenvalue weighted by Gasteiger charge is 2.14. The van der Waals surface area contributed by atoms with Gasteiger partial charge in [0.1, 0.15) is 23.0 Å². The van der Waals surface area contributed by atoms with Gasteiger partial charge in [0.05, 0.1) is 24.9 Å². The van der Waals surface area contributed by atoms with E-state index in [2.05, 4.69) is 25.7 Å². The summed E-state index contributed by atoms with van der Waals surface area (Å²) in [5, 5.41) is 10.5. The van der Waals surface area contributed by atoms with E-state index in [1.165, 1.54) is 0 Å². The maximum absolute atomic E-state index is 13.8. The van der Waals surface area contributed by atoms with E-state index in [4.69, 9.17) is 0 Å². The molecule has 0 aliphatic heterocycles. The lowest BCUT2D eigenvalue weighted by molar-refractivity contribution is -0.115. The van der Waals surface area contributed by atoms with E-state index in [-0.39, 0.29) is 18.0 Å². The first-order chi connectivity index (χ1) is 15.8. The van der Waals surface area contributed by atoms with Crippen LogP contribution in [-0.2, 0) is 17.8 Å². The molecular formula is C24H24F2N6O. The Morgan fingerprint density at radius 1 is 1.18 bits per heavy atom. The Hall–Kier alpha value is -3.88. The molecule has 7 nitrogen and oxygen atoms in total. The summed E-state index contributed by atoms with van der Waals surface area (Å²) >= 11 is 0. The number of anilines is 2. The van der Waals surface area contributed by atoms with Gasteiger partial charge in [-0.2, -0.15) is 5.10 Å². The van der Waals surface area contributed by atoms with Crippen LogP contribution in [0.3, 0.4) is 0 Å². The Balaban J connectivity index is 1.48. The predicted molar refractivity (Wildman–Crippen MR) is 123 cm³/mol. The number of rotatable bonds is 7. The topological polar surface area (TPSA) is 84.7 Å². The molecule has 0 radical (unpaired) electrons. The van der Waals surface area contributed by atoms with Crippen molar-refractivity contribution < 1.29 is 13.6 Å². The lowest BCUT2D eigenvalue weighted by Crippen LogP contribution is -2.16. The number of carbonyl (C=O) groups excluding carboxylic acids is 1. The number of hydrogen-bond donors (Lipinski definition) is 2. The van der Waals surface area contributed by atoms with Crippen LogP contribution >= 0.6 is 0 Å². The predicted octanol–water partition coefficient (Wildman–Crippen LogP) is 4.79. The standard InChI is InChI=1S/C24H24F2N6O/c1-4-32-13-21-24(31-32)30-22(12-27-21)28-15(3)19-11-18(7-5-14(19)2)29-23(33)10-16-9-17(25)6-8-20(16)26/h5-9,11-13,15H,4,10H2,1-3H3,(H,29,33)(H,28,30,31)/t15-/m0/s1. The third-order valence-electron chi connectivity index (χ3n) is 5.35. The molecule has 1 amide bonds. The molecular weight excluding hydrogens is 426 g/mol. The van der Waals surface area contributed by atoms with E-state index in [1.807, 2.05) is 39.1 Å². The van der Waals surface area contributed by atoms with Crippen LogP contribution in [0.5, 0.6) is 0 Å². The Bertz CT molecular complexity index is 1320. The van der Waals surface area contributed by atoms with Crippen LogP contribution < -0.4 is 10.6 Å². The number of hydrogen-bond acceptors (Lipinski definition) is 5. The van der Waals surface area contributed by atoms with Crippen molar-refractivity contribution in [1.82, 2.24) is 19.7 Å². The fourth-order valence-corrected chi connectivity index (χ4v) is 3.62. The summed E-state index contributed by atoms with van der Waals surface area (Å²) in [5.41, 5.74) is 3.84. The largest absolute Gasteiger partial charge is 0.362 e. The van der Waals surface area contributed by atoms with Gasteiger partial charge in [0.15, 0.2) is 0 Å². The molecule has 2 heterocycles. The monoisotopic (exact) mass is 450 g/mol. The molecule has 0 unspecified atom stereocenters. The lowest BCUT2D eigenvalue weighted by Gasteiger charge is -2.18. The van der Waals surface area contributed by atoms with Gasteiger partial charge in [-0.3, -0.25) is 9.48 Å². The minimum atomic E-state index is -0.615. The quantitative estimate of drug-likeness (QED) is 0.423. The van der Waals surface area contributed by atoms with E-state index in [0.29, 0.717) is 17.2 Å². The van der Waals surface area contributed by atoms with E-state index in [0.717, 1.165) is 41.4 Å². The Kier molecular flexibility index (Phi) is 6.30. The third kappa shape index (κ3) is 5.14. The van der Waals surface area contributed by atoms with Gasteiger partial charge < -0.3 is 10.6 Å². The van der Waals surface area contributed by atoms with Crippen molar-refractivity contribution in [2.75, 3.05) is 10.6 Å². The smallest absolute Gasteiger partial charge is 0.228 e.